The minimum atomic E-state index is 0.105. The Hall–Kier alpha value is -6.64. The van der Waals surface area contributed by atoms with Crippen molar-refractivity contribution in [2.24, 2.45) is 0 Å². The van der Waals surface area contributed by atoms with Crippen molar-refractivity contribution < 1.29 is 9.47 Å². The summed E-state index contributed by atoms with van der Waals surface area (Å²) in [5.74, 6) is 2.21. The molecular weight excluding hydrogens is 929 g/mol. The van der Waals surface area contributed by atoms with Crippen LogP contribution in [0.15, 0.2) is 73.6 Å². The van der Waals surface area contributed by atoms with Crippen LogP contribution in [0.25, 0.3) is 22.1 Å². The van der Waals surface area contributed by atoms with Crippen molar-refractivity contribution >= 4 is 45.1 Å². The van der Waals surface area contributed by atoms with Crippen molar-refractivity contribution in [2.75, 3.05) is 111 Å². The zero-order chi connectivity index (χ0) is 50.7. The molecule has 12 rings (SSSR count). The van der Waals surface area contributed by atoms with Crippen LogP contribution in [0.3, 0.4) is 0 Å². The molecule has 74 heavy (non-hydrogen) atoms. The van der Waals surface area contributed by atoms with Gasteiger partial charge in [0.25, 0.3) is 0 Å². The molecule has 18 nitrogen and oxygen atoms in total. The van der Waals surface area contributed by atoms with Crippen LogP contribution in [-0.4, -0.2) is 168 Å². The van der Waals surface area contributed by atoms with Crippen LogP contribution in [0.5, 0.6) is 0 Å². The number of pyridine rings is 2. The second-order valence-electron chi connectivity index (χ2n) is 21.1. The lowest BCUT2D eigenvalue weighted by molar-refractivity contribution is -0.0329. The Morgan fingerprint density at radius 2 is 0.905 bits per heavy atom. The molecule has 6 aromatic rings. The number of anilines is 4. The van der Waals surface area contributed by atoms with E-state index in [1.54, 1.807) is 24.8 Å². The van der Waals surface area contributed by atoms with E-state index < -0.39 is 0 Å². The minimum absolute atomic E-state index is 0.105. The fourth-order valence-electron chi connectivity index (χ4n) is 11.8. The van der Waals surface area contributed by atoms with Crippen LogP contribution in [0.2, 0.25) is 0 Å². The summed E-state index contributed by atoms with van der Waals surface area (Å²) < 4.78 is 12.8. The molecule has 2 N–H and O–H groups in total. The second-order valence-corrected chi connectivity index (χ2v) is 21.1. The van der Waals surface area contributed by atoms with E-state index >= 15 is 0 Å². The van der Waals surface area contributed by atoms with Crippen molar-refractivity contribution in [1.82, 2.24) is 50.3 Å². The van der Waals surface area contributed by atoms with Crippen molar-refractivity contribution in [3.63, 3.8) is 0 Å². The van der Waals surface area contributed by atoms with Gasteiger partial charge in [0.15, 0.2) is 0 Å². The lowest BCUT2D eigenvalue weighted by Gasteiger charge is -2.42. The van der Waals surface area contributed by atoms with Crippen LogP contribution in [-0.2, 0) is 35.4 Å². The number of nitrogens with zero attached hydrogens (tertiary/aromatic N) is 14. The maximum absolute atomic E-state index is 9.49. The number of benzene rings is 2. The highest BCUT2D eigenvalue weighted by molar-refractivity contribution is 5.93. The van der Waals surface area contributed by atoms with Gasteiger partial charge in [-0.3, -0.25) is 29.7 Å². The first kappa shape index (κ1) is 49.6. The van der Waals surface area contributed by atoms with Gasteiger partial charge in [0.1, 0.15) is 45.8 Å². The number of fused-ring (bicyclic) bond motifs is 4. The third-order valence-corrected chi connectivity index (χ3v) is 15.6. The summed E-state index contributed by atoms with van der Waals surface area (Å²) in [4.78, 5) is 42.1. The molecule has 4 saturated heterocycles. The number of morpholine rings is 2. The monoisotopic (exact) mass is 997 g/mol. The predicted molar refractivity (Wildman–Crippen MR) is 287 cm³/mol. The number of hydrogen-bond donors (Lipinski definition) is 2. The van der Waals surface area contributed by atoms with Gasteiger partial charge in [-0.2, -0.15) is 10.5 Å². The van der Waals surface area contributed by atoms with Crippen LogP contribution in [0.1, 0.15) is 61.1 Å². The number of rotatable bonds is 8. The summed E-state index contributed by atoms with van der Waals surface area (Å²) in [6.45, 7) is 23.4. The summed E-state index contributed by atoms with van der Waals surface area (Å²) >= 11 is 0. The van der Waals surface area contributed by atoms with Gasteiger partial charge in [-0.15, -0.1) is 0 Å². The maximum Gasteiger partial charge on any atom is 0.128 e. The average Bonchev–Trinajstić information content (AvgIpc) is 3.42. The first-order valence-electron chi connectivity index (χ1n) is 26.6. The number of aromatic nitrogens is 6. The molecule has 6 aliphatic heterocycles. The van der Waals surface area contributed by atoms with Crippen LogP contribution in [0, 0.1) is 22.7 Å². The largest absolute Gasteiger partial charge is 0.370 e. The van der Waals surface area contributed by atoms with E-state index in [1.165, 1.54) is 22.3 Å². The molecule has 4 fully saturated rings. The summed E-state index contributed by atoms with van der Waals surface area (Å²) in [6, 6.07) is 17.8. The van der Waals surface area contributed by atoms with Crippen molar-refractivity contribution in [3.8, 4) is 12.1 Å². The molecule has 2 aromatic carbocycles. The first-order chi connectivity index (χ1) is 36.1. The first-order valence-corrected chi connectivity index (χ1v) is 26.6. The van der Waals surface area contributed by atoms with Crippen LogP contribution >= 0.6 is 0 Å². The molecule has 4 aromatic heterocycles. The van der Waals surface area contributed by atoms with Gasteiger partial charge < -0.3 is 39.7 Å². The third kappa shape index (κ3) is 10.9. The lowest BCUT2D eigenvalue weighted by Crippen LogP contribution is -2.54. The number of nitriles is 2. The Bertz CT molecular complexity index is 2830. The Labute approximate surface area is 434 Å². The van der Waals surface area contributed by atoms with Crippen molar-refractivity contribution in [2.45, 2.75) is 90.1 Å². The van der Waals surface area contributed by atoms with Crippen LogP contribution < -0.4 is 30.2 Å². The van der Waals surface area contributed by atoms with E-state index in [2.05, 4.69) is 124 Å². The van der Waals surface area contributed by atoms with Gasteiger partial charge in [-0.1, -0.05) is 0 Å². The number of nitrogens with one attached hydrogen (secondary N) is 2. The Kier molecular flexibility index (Phi) is 14.8. The highest BCUT2D eigenvalue weighted by Gasteiger charge is 2.32. The van der Waals surface area contributed by atoms with Gasteiger partial charge in [0.2, 0.25) is 0 Å². The molecule has 18 heteroatoms. The number of ether oxygens (including phenoxy) is 2. The van der Waals surface area contributed by atoms with E-state index in [0.717, 1.165) is 152 Å². The van der Waals surface area contributed by atoms with Crippen LogP contribution in [0.4, 0.5) is 23.0 Å². The quantitative estimate of drug-likeness (QED) is 0.214. The summed E-state index contributed by atoms with van der Waals surface area (Å²) in [7, 11) is 0. The van der Waals surface area contributed by atoms with Crippen molar-refractivity contribution in [3.05, 3.63) is 107 Å². The molecule has 0 aliphatic carbocycles. The normalized spacial score (nSPS) is 24.6. The highest BCUT2D eigenvalue weighted by atomic mass is 16.5. The molecule has 0 saturated carbocycles. The Morgan fingerprint density at radius 3 is 1.31 bits per heavy atom. The standard InChI is InChI=1S/2C28H34N8O/c2*1-19-11-22-12-26(33-15-23(22)14-32-19)35-9-7-34(8-10-35)17-24-18-36(16-20(2)37-24)25-4-3-21(13-29)27-28(25)31-6-5-30-27/h2*3-6,12,15,19-20,24,32H,7-11,14,16-18H2,1-2H3/t19-,20+,24-;19-,20-,24+/m01/s1. The number of hydrogen-bond acceptors (Lipinski definition) is 18. The molecule has 6 aliphatic rings. The van der Waals surface area contributed by atoms with E-state index in [4.69, 9.17) is 19.4 Å². The van der Waals surface area contributed by atoms with E-state index in [-0.39, 0.29) is 24.4 Å². The molecule has 10 heterocycles. The predicted octanol–water partition coefficient (Wildman–Crippen LogP) is 4.69. The maximum atomic E-state index is 9.49. The second kappa shape index (κ2) is 22.1. The highest BCUT2D eigenvalue weighted by Crippen LogP contribution is 2.32. The van der Waals surface area contributed by atoms with E-state index in [1.807, 2.05) is 24.3 Å². The molecule has 0 amide bonds. The fourth-order valence-corrected chi connectivity index (χ4v) is 11.8. The summed E-state index contributed by atoms with van der Waals surface area (Å²) in [5, 5.41) is 26.0. The molecule has 6 atom stereocenters. The topological polar surface area (TPSA) is 187 Å². The van der Waals surface area contributed by atoms with Gasteiger partial charge in [0, 0.05) is 154 Å². The lowest BCUT2D eigenvalue weighted by atomic mass is 9.98. The SMILES string of the molecule is C[C@@H]1CN(c2ccc(C#N)c3nccnc23)C[C@H](CN2CCN(c3cc4c(cn3)CN[C@@H](C)C4)CC2)O1.C[C@@H]1Cc2cc(N3CCN(C[C@H]4CN(c5ccc(C#N)c6nccnc56)C[C@@H](C)O4)CC3)ncc2CN1. The molecule has 0 spiro atoms. The Morgan fingerprint density at radius 1 is 0.500 bits per heavy atom. The van der Waals surface area contributed by atoms with Crippen molar-refractivity contribution in [1.29, 1.82) is 10.5 Å². The molecule has 0 radical (unpaired) electrons. The van der Waals surface area contributed by atoms with E-state index in [0.29, 0.717) is 34.2 Å². The van der Waals surface area contributed by atoms with E-state index in [9.17, 15) is 10.5 Å². The minimum Gasteiger partial charge on any atom is -0.370 e. The average molecular weight is 997 g/mol. The smallest absolute Gasteiger partial charge is 0.128 e. The molecule has 384 valence electrons. The zero-order valence-electron chi connectivity index (χ0n) is 43.2. The van der Waals surface area contributed by atoms with Gasteiger partial charge in [0.05, 0.1) is 46.9 Å². The van der Waals surface area contributed by atoms with Gasteiger partial charge in [-0.25, -0.2) is 9.97 Å². The number of piperazine rings is 2. The fraction of sp³-hybridized carbons (Fsp3) is 0.500. The molecule has 0 bridgehead atoms. The summed E-state index contributed by atoms with van der Waals surface area (Å²) in [6.07, 6.45) is 13.4. The van der Waals surface area contributed by atoms with Gasteiger partial charge >= 0.3 is 0 Å². The third-order valence-electron chi connectivity index (χ3n) is 15.6. The molecular formula is C56H68N16O2. The Balaban J connectivity index is 0.000000159. The molecule has 0 unspecified atom stereocenters. The summed E-state index contributed by atoms with van der Waals surface area (Å²) in [5.41, 5.74) is 11.6. The van der Waals surface area contributed by atoms with Gasteiger partial charge in [-0.05, 0) is 99.2 Å². The zero-order valence-corrected chi connectivity index (χ0v) is 43.2.